The number of hydrogen-bond donors (Lipinski definition) is 1. The quantitative estimate of drug-likeness (QED) is 0.738. The Morgan fingerprint density at radius 2 is 2.17 bits per heavy atom. The number of nitrogens with two attached hydrogens (primary N) is 1. The van der Waals surface area contributed by atoms with Crippen LogP contribution >= 0.6 is 0 Å². The van der Waals surface area contributed by atoms with Crippen molar-refractivity contribution in [3.05, 3.63) is 0 Å². The number of nitrogens with zero attached hydrogens (tertiary/aromatic N) is 1. The van der Waals surface area contributed by atoms with Crippen LogP contribution in [-0.4, -0.2) is 42.1 Å². The van der Waals surface area contributed by atoms with Gasteiger partial charge in [0.2, 0.25) is 0 Å². The lowest BCUT2D eigenvalue weighted by Gasteiger charge is -2.41. The Kier molecular flexibility index (Phi) is 6.65. The number of likely N-dealkylation sites (tertiary alicyclic amines) is 1. The molecule has 3 atom stereocenters. The summed E-state index contributed by atoms with van der Waals surface area (Å²) in [6.45, 7) is 7.43. The van der Waals surface area contributed by atoms with Gasteiger partial charge in [-0.15, -0.1) is 0 Å². The van der Waals surface area contributed by atoms with Crippen molar-refractivity contribution < 1.29 is 9.53 Å². The molecule has 0 radical (unpaired) electrons. The lowest BCUT2D eigenvalue weighted by molar-refractivity contribution is -0.151. The van der Waals surface area contributed by atoms with Gasteiger partial charge in [-0.05, 0) is 39.7 Å². The Labute approximate surface area is 111 Å². The van der Waals surface area contributed by atoms with Crippen molar-refractivity contribution in [2.24, 2.45) is 5.73 Å². The molecule has 0 aromatic carbocycles. The van der Waals surface area contributed by atoms with Gasteiger partial charge in [0.1, 0.15) is 6.04 Å². The maximum atomic E-state index is 12.1. The normalized spacial score (nSPS) is 24.6. The molecule has 1 aliphatic heterocycles. The molecule has 1 aliphatic rings. The van der Waals surface area contributed by atoms with Crippen molar-refractivity contribution in [3.63, 3.8) is 0 Å². The molecule has 106 valence electrons. The maximum absolute atomic E-state index is 12.1. The molecule has 0 aromatic heterocycles. The molecule has 2 N–H and O–H groups in total. The largest absolute Gasteiger partial charge is 0.465 e. The number of carbonyl (C=O) groups is 1. The van der Waals surface area contributed by atoms with Crippen LogP contribution < -0.4 is 5.73 Å². The second kappa shape index (κ2) is 7.74. The van der Waals surface area contributed by atoms with E-state index in [-0.39, 0.29) is 18.1 Å². The molecule has 4 nitrogen and oxygen atoms in total. The second-order valence-corrected chi connectivity index (χ2v) is 5.22. The van der Waals surface area contributed by atoms with Crippen LogP contribution in [0.5, 0.6) is 0 Å². The van der Waals surface area contributed by atoms with Crippen molar-refractivity contribution >= 4 is 5.97 Å². The smallest absolute Gasteiger partial charge is 0.323 e. The maximum Gasteiger partial charge on any atom is 0.323 e. The van der Waals surface area contributed by atoms with Gasteiger partial charge < -0.3 is 10.5 Å². The third-order valence-electron chi connectivity index (χ3n) is 3.72. The van der Waals surface area contributed by atoms with E-state index in [0.29, 0.717) is 12.6 Å². The summed E-state index contributed by atoms with van der Waals surface area (Å²) in [5.41, 5.74) is 6.07. The highest BCUT2D eigenvalue weighted by Gasteiger charge is 2.34. The fourth-order valence-electron chi connectivity index (χ4n) is 2.86. The van der Waals surface area contributed by atoms with E-state index in [0.717, 1.165) is 32.2 Å². The molecule has 18 heavy (non-hydrogen) atoms. The summed E-state index contributed by atoms with van der Waals surface area (Å²) >= 11 is 0. The van der Waals surface area contributed by atoms with Gasteiger partial charge in [0.25, 0.3) is 0 Å². The molecule has 1 rings (SSSR count). The Balaban J connectivity index is 2.77. The zero-order valence-electron chi connectivity index (χ0n) is 12.0. The van der Waals surface area contributed by atoms with E-state index >= 15 is 0 Å². The highest BCUT2D eigenvalue weighted by atomic mass is 16.5. The predicted molar refractivity (Wildman–Crippen MR) is 73.3 cm³/mol. The number of rotatable bonds is 6. The van der Waals surface area contributed by atoms with Crippen LogP contribution in [0.2, 0.25) is 0 Å². The van der Waals surface area contributed by atoms with Crippen LogP contribution in [0.25, 0.3) is 0 Å². The molecule has 0 bridgehead atoms. The Bertz CT molecular complexity index is 256. The van der Waals surface area contributed by atoms with Gasteiger partial charge in [0, 0.05) is 12.1 Å². The highest BCUT2D eigenvalue weighted by Crippen LogP contribution is 2.24. The molecule has 1 fully saturated rings. The molecule has 0 saturated carbocycles. The lowest BCUT2D eigenvalue weighted by Crippen LogP contribution is -2.55. The minimum absolute atomic E-state index is 0.0769. The van der Waals surface area contributed by atoms with Gasteiger partial charge in [-0.2, -0.15) is 0 Å². The van der Waals surface area contributed by atoms with Crippen LogP contribution in [-0.2, 0) is 9.53 Å². The predicted octanol–water partition coefficient (Wildman–Crippen LogP) is 1.92. The van der Waals surface area contributed by atoms with Crippen molar-refractivity contribution in [1.29, 1.82) is 0 Å². The van der Waals surface area contributed by atoms with Gasteiger partial charge in [-0.1, -0.05) is 19.8 Å². The summed E-state index contributed by atoms with van der Waals surface area (Å²) in [6, 6.07) is 0.324. The molecule has 1 heterocycles. The molecule has 0 amide bonds. The van der Waals surface area contributed by atoms with E-state index in [2.05, 4.69) is 11.8 Å². The van der Waals surface area contributed by atoms with Crippen molar-refractivity contribution in [2.45, 2.75) is 71.0 Å². The highest BCUT2D eigenvalue weighted by molar-refractivity contribution is 5.75. The standard InChI is InChI=1S/C14H28N2O2/c1-4-8-13(14(17)18-5-2)16-10-7-6-9-12(16)11(3)15/h11-13H,4-10,15H2,1-3H3. The number of ether oxygens (including phenoxy) is 1. The van der Waals surface area contributed by atoms with E-state index in [1.54, 1.807) is 0 Å². The van der Waals surface area contributed by atoms with E-state index in [4.69, 9.17) is 10.5 Å². The first kappa shape index (κ1) is 15.4. The summed E-state index contributed by atoms with van der Waals surface area (Å²) in [4.78, 5) is 14.4. The van der Waals surface area contributed by atoms with Crippen LogP contribution in [0.4, 0.5) is 0 Å². The number of esters is 1. The van der Waals surface area contributed by atoms with Gasteiger partial charge in [-0.3, -0.25) is 9.69 Å². The first-order valence-corrected chi connectivity index (χ1v) is 7.29. The second-order valence-electron chi connectivity index (χ2n) is 5.22. The fourth-order valence-corrected chi connectivity index (χ4v) is 2.86. The van der Waals surface area contributed by atoms with Crippen molar-refractivity contribution in [1.82, 2.24) is 4.90 Å². The number of piperidine rings is 1. The van der Waals surface area contributed by atoms with Crippen LogP contribution in [0, 0.1) is 0 Å². The Morgan fingerprint density at radius 3 is 2.72 bits per heavy atom. The van der Waals surface area contributed by atoms with Gasteiger partial charge in [0.05, 0.1) is 6.61 Å². The zero-order chi connectivity index (χ0) is 13.5. The third kappa shape index (κ3) is 3.95. The summed E-state index contributed by atoms with van der Waals surface area (Å²) in [5.74, 6) is -0.0769. The SMILES string of the molecule is CCCC(C(=O)OCC)N1CCCCC1C(C)N. The van der Waals surface area contributed by atoms with Gasteiger partial charge in [-0.25, -0.2) is 0 Å². The topological polar surface area (TPSA) is 55.6 Å². The molecule has 4 heteroatoms. The van der Waals surface area contributed by atoms with Gasteiger partial charge in [0.15, 0.2) is 0 Å². The average Bonchev–Trinajstić information content (AvgIpc) is 2.36. The first-order valence-electron chi connectivity index (χ1n) is 7.29. The molecule has 3 unspecified atom stereocenters. The number of carbonyl (C=O) groups excluding carboxylic acids is 1. The summed E-state index contributed by atoms with van der Waals surface area (Å²) in [6.07, 6.45) is 5.32. The summed E-state index contributed by atoms with van der Waals surface area (Å²) in [7, 11) is 0. The molecular formula is C14H28N2O2. The fraction of sp³-hybridized carbons (Fsp3) is 0.929. The summed E-state index contributed by atoms with van der Waals surface area (Å²) < 4.78 is 5.22. The average molecular weight is 256 g/mol. The van der Waals surface area contributed by atoms with E-state index in [1.165, 1.54) is 6.42 Å². The van der Waals surface area contributed by atoms with Crippen LogP contribution in [0.15, 0.2) is 0 Å². The summed E-state index contributed by atoms with van der Waals surface area (Å²) in [5, 5.41) is 0. The molecule has 1 saturated heterocycles. The molecule has 0 spiro atoms. The minimum atomic E-state index is -0.105. The molecular weight excluding hydrogens is 228 g/mol. The van der Waals surface area contributed by atoms with E-state index < -0.39 is 0 Å². The van der Waals surface area contributed by atoms with Crippen LogP contribution in [0.1, 0.15) is 52.9 Å². The lowest BCUT2D eigenvalue weighted by atomic mass is 9.94. The Morgan fingerprint density at radius 1 is 1.44 bits per heavy atom. The van der Waals surface area contributed by atoms with E-state index in [1.807, 2.05) is 13.8 Å². The molecule has 0 aromatic rings. The van der Waals surface area contributed by atoms with Crippen LogP contribution in [0.3, 0.4) is 0 Å². The van der Waals surface area contributed by atoms with Crippen molar-refractivity contribution in [2.75, 3.05) is 13.2 Å². The minimum Gasteiger partial charge on any atom is -0.465 e. The van der Waals surface area contributed by atoms with Crippen molar-refractivity contribution in [3.8, 4) is 0 Å². The van der Waals surface area contributed by atoms with Gasteiger partial charge >= 0.3 is 5.97 Å². The Hall–Kier alpha value is -0.610. The zero-order valence-corrected chi connectivity index (χ0v) is 12.0. The first-order chi connectivity index (χ1) is 8.61. The molecule has 0 aliphatic carbocycles. The number of hydrogen-bond acceptors (Lipinski definition) is 4. The monoisotopic (exact) mass is 256 g/mol. The third-order valence-corrected chi connectivity index (χ3v) is 3.72. The van der Waals surface area contributed by atoms with E-state index in [9.17, 15) is 4.79 Å².